The number of hydrogen-bond acceptors (Lipinski definition) is 5. The Morgan fingerprint density at radius 2 is 2.14 bits per heavy atom. The summed E-state index contributed by atoms with van der Waals surface area (Å²) in [5.74, 6) is -0.125. The van der Waals surface area contributed by atoms with Gasteiger partial charge in [-0.3, -0.25) is 0 Å². The predicted octanol–water partition coefficient (Wildman–Crippen LogP) is 3.11. The first-order valence-electron chi connectivity index (χ1n) is 5.77. The van der Waals surface area contributed by atoms with Gasteiger partial charge in [0.2, 0.25) is 5.96 Å². The molecule has 0 saturated heterocycles. The molecule has 0 bridgehead atoms. The lowest BCUT2D eigenvalue weighted by molar-refractivity contribution is 1.22. The van der Waals surface area contributed by atoms with Gasteiger partial charge >= 0.3 is 0 Å². The number of anilines is 2. The van der Waals surface area contributed by atoms with Crippen LogP contribution in [0.1, 0.15) is 10.4 Å². The Kier molecular flexibility index (Phi) is 5.00. The van der Waals surface area contributed by atoms with E-state index in [2.05, 4.69) is 20.5 Å². The number of aromatic nitrogens is 1. The topological polar surface area (TPSA) is 102 Å². The normalized spacial score (nSPS) is 10.8. The standard InChI is InChI=1S/C12H12Cl2N6S/c1-6-2-3-7(4-8(6)13)18-12-19-10(14)9(21-12)5-17-20-11(15)16/h2-5H,1H3,(H,18,19)(H4,15,16,20)/b17-5+. The highest BCUT2D eigenvalue weighted by molar-refractivity contribution is 7.17. The minimum absolute atomic E-state index is 0.125. The SMILES string of the molecule is Cc1ccc(Nc2nc(Cl)c(/C=N/N=C(N)N)s2)cc1Cl. The maximum absolute atomic E-state index is 6.07. The molecule has 0 aliphatic rings. The second kappa shape index (κ2) is 6.75. The van der Waals surface area contributed by atoms with Crippen molar-refractivity contribution in [2.24, 2.45) is 21.7 Å². The number of nitrogens with one attached hydrogen (secondary N) is 1. The van der Waals surface area contributed by atoms with Crippen LogP contribution in [0, 0.1) is 6.92 Å². The summed E-state index contributed by atoms with van der Waals surface area (Å²) in [6.07, 6.45) is 1.44. The van der Waals surface area contributed by atoms with Gasteiger partial charge < -0.3 is 16.8 Å². The molecule has 0 radical (unpaired) electrons. The number of halogens is 2. The molecule has 0 saturated carbocycles. The van der Waals surface area contributed by atoms with Crippen LogP contribution >= 0.6 is 34.5 Å². The van der Waals surface area contributed by atoms with Crippen LogP contribution in [0.15, 0.2) is 28.4 Å². The smallest absolute Gasteiger partial charge is 0.211 e. The van der Waals surface area contributed by atoms with E-state index in [1.807, 2.05) is 25.1 Å². The molecule has 9 heteroatoms. The van der Waals surface area contributed by atoms with Crippen LogP contribution in [0.25, 0.3) is 0 Å². The van der Waals surface area contributed by atoms with E-state index in [4.69, 9.17) is 34.7 Å². The van der Waals surface area contributed by atoms with Crippen molar-refractivity contribution in [3.05, 3.63) is 38.8 Å². The lowest BCUT2D eigenvalue weighted by Gasteiger charge is -2.04. The first-order chi connectivity index (χ1) is 9.95. The van der Waals surface area contributed by atoms with Crippen LogP contribution in [0.5, 0.6) is 0 Å². The molecule has 0 aliphatic heterocycles. The number of guanidine groups is 1. The minimum atomic E-state index is -0.125. The Morgan fingerprint density at radius 3 is 2.81 bits per heavy atom. The summed E-state index contributed by atoms with van der Waals surface area (Å²) >= 11 is 13.4. The lowest BCUT2D eigenvalue weighted by Crippen LogP contribution is -2.21. The number of rotatable bonds is 4. The van der Waals surface area contributed by atoms with E-state index in [1.54, 1.807) is 0 Å². The number of benzene rings is 1. The van der Waals surface area contributed by atoms with Gasteiger partial charge in [-0.05, 0) is 24.6 Å². The van der Waals surface area contributed by atoms with Gasteiger partial charge in [-0.2, -0.15) is 5.10 Å². The van der Waals surface area contributed by atoms with Gasteiger partial charge in [-0.15, -0.1) is 5.10 Å². The number of nitrogens with zero attached hydrogens (tertiary/aromatic N) is 3. The molecule has 110 valence electrons. The maximum Gasteiger partial charge on any atom is 0.211 e. The van der Waals surface area contributed by atoms with E-state index in [-0.39, 0.29) is 5.96 Å². The van der Waals surface area contributed by atoms with Crippen LogP contribution in [-0.2, 0) is 0 Å². The molecule has 6 nitrogen and oxygen atoms in total. The Morgan fingerprint density at radius 1 is 1.38 bits per heavy atom. The zero-order valence-electron chi connectivity index (χ0n) is 11.0. The first-order valence-corrected chi connectivity index (χ1v) is 7.34. The van der Waals surface area contributed by atoms with E-state index in [1.165, 1.54) is 17.6 Å². The fourth-order valence-electron chi connectivity index (χ4n) is 1.39. The molecule has 1 heterocycles. The third kappa shape index (κ3) is 4.32. The third-order valence-electron chi connectivity index (χ3n) is 2.38. The number of nitrogens with two attached hydrogens (primary N) is 2. The van der Waals surface area contributed by atoms with E-state index in [0.717, 1.165) is 11.3 Å². The average molecular weight is 343 g/mol. The molecular formula is C12H12Cl2N6S. The third-order valence-corrected chi connectivity index (χ3v) is 4.09. The Balaban J connectivity index is 2.16. The largest absolute Gasteiger partial charge is 0.369 e. The van der Waals surface area contributed by atoms with E-state index >= 15 is 0 Å². The van der Waals surface area contributed by atoms with Crippen molar-refractivity contribution in [2.45, 2.75) is 6.92 Å². The summed E-state index contributed by atoms with van der Waals surface area (Å²) in [6.45, 7) is 1.94. The maximum atomic E-state index is 6.07. The average Bonchev–Trinajstić information content (AvgIpc) is 2.74. The summed E-state index contributed by atoms with van der Waals surface area (Å²) in [4.78, 5) is 4.82. The summed E-state index contributed by atoms with van der Waals surface area (Å²) in [6, 6.07) is 5.64. The second-order valence-corrected chi connectivity index (χ2v) is 5.83. The van der Waals surface area contributed by atoms with E-state index in [0.29, 0.717) is 20.2 Å². The highest BCUT2D eigenvalue weighted by Gasteiger charge is 2.08. The van der Waals surface area contributed by atoms with E-state index in [9.17, 15) is 0 Å². The molecular weight excluding hydrogens is 331 g/mol. The predicted molar refractivity (Wildman–Crippen MR) is 90.0 cm³/mol. The minimum Gasteiger partial charge on any atom is -0.369 e. The van der Waals surface area contributed by atoms with Crippen LogP contribution in [0.3, 0.4) is 0 Å². The summed E-state index contributed by atoms with van der Waals surface area (Å²) in [5, 5.41) is 11.9. The molecule has 0 amide bonds. The fourth-order valence-corrected chi connectivity index (χ4v) is 2.61. The van der Waals surface area contributed by atoms with Gasteiger partial charge in [0.15, 0.2) is 10.3 Å². The molecule has 0 atom stereocenters. The van der Waals surface area contributed by atoms with Gasteiger partial charge in [0.25, 0.3) is 0 Å². The Labute approximate surface area is 135 Å². The molecule has 1 aromatic heterocycles. The molecule has 21 heavy (non-hydrogen) atoms. The fraction of sp³-hybridized carbons (Fsp3) is 0.0833. The molecule has 0 spiro atoms. The van der Waals surface area contributed by atoms with Crippen LogP contribution in [0.4, 0.5) is 10.8 Å². The lowest BCUT2D eigenvalue weighted by atomic mass is 10.2. The molecule has 1 aromatic carbocycles. The summed E-state index contributed by atoms with van der Waals surface area (Å²) in [5.41, 5.74) is 12.2. The van der Waals surface area contributed by atoms with Gasteiger partial charge in [-0.25, -0.2) is 4.98 Å². The van der Waals surface area contributed by atoms with E-state index < -0.39 is 0 Å². The van der Waals surface area contributed by atoms with Gasteiger partial charge in [0.1, 0.15) is 0 Å². The molecule has 0 aliphatic carbocycles. The summed E-state index contributed by atoms with van der Waals surface area (Å²) in [7, 11) is 0. The van der Waals surface area contributed by atoms with Crippen LogP contribution in [0.2, 0.25) is 10.2 Å². The number of aryl methyl sites for hydroxylation is 1. The Bertz CT molecular complexity index is 706. The molecule has 2 aromatic rings. The van der Waals surface area contributed by atoms with Crippen LogP contribution in [-0.4, -0.2) is 17.2 Å². The van der Waals surface area contributed by atoms with Gasteiger partial charge in [-0.1, -0.05) is 40.6 Å². The van der Waals surface area contributed by atoms with Crippen molar-refractivity contribution in [1.82, 2.24) is 4.98 Å². The number of hydrogen-bond donors (Lipinski definition) is 3. The molecule has 0 fully saturated rings. The molecule has 0 unspecified atom stereocenters. The quantitative estimate of drug-likeness (QED) is 0.451. The van der Waals surface area contributed by atoms with Crippen LogP contribution < -0.4 is 16.8 Å². The van der Waals surface area contributed by atoms with Crippen molar-refractivity contribution in [1.29, 1.82) is 0 Å². The number of thiazole rings is 1. The highest BCUT2D eigenvalue weighted by atomic mass is 35.5. The van der Waals surface area contributed by atoms with Gasteiger partial charge in [0.05, 0.1) is 11.1 Å². The first kappa shape index (κ1) is 15.6. The van der Waals surface area contributed by atoms with Crippen molar-refractivity contribution < 1.29 is 0 Å². The van der Waals surface area contributed by atoms with Gasteiger partial charge in [0, 0.05) is 10.7 Å². The molecule has 5 N–H and O–H groups in total. The monoisotopic (exact) mass is 342 g/mol. The van der Waals surface area contributed by atoms with Crippen molar-refractivity contribution in [3.8, 4) is 0 Å². The summed E-state index contributed by atoms with van der Waals surface area (Å²) < 4.78 is 0. The van der Waals surface area contributed by atoms with Crippen molar-refractivity contribution in [3.63, 3.8) is 0 Å². The molecule has 2 rings (SSSR count). The Hall–Kier alpha value is -1.83. The zero-order valence-corrected chi connectivity index (χ0v) is 13.3. The van der Waals surface area contributed by atoms with Crippen molar-refractivity contribution in [2.75, 3.05) is 5.32 Å². The highest BCUT2D eigenvalue weighted by Crippen LogP contribution is 2.29. The second-order valence-electron chi connectivity index (χ2n) is 4.03. The zero-order chi connectivity index (χ0) is 15.4. The van der Waals surface area contributed by atoms with Crippen molar-refractivity contribution >= 4 is 57.5 Å².